The summed E-state index contributed by atoms with van der Waals surface area (Å²) in [6, 6.07) is 3.61. The molecule has 0 saturated heterocycles. The van der Waals surface area contributed by atoms with Crippen molar-refractivity contribution in [3.63, 3.8) is 0 Å². The van der Waals surface area contributed by atoms with Crippen molar-refractivity contribution in [3.8, 4) is 0 Å². The van der Waals surface area contributed by atoms with Gasteiger partial charge in [-0.25, -0.2) is 0 Å². The molecule has 0 saturated carbocycles. The van der Waals surface area contributed by atoms with E-state index in [1.54, 1.807) is 43.2 Å². The number of hydrogen-bond acceptors (Lipinski definition) is 4. The summed E-state index contributed by atoms with van der Waals surface area (Å²) < 4.78 is 2.28. The van der Waals surface area contributed by atoms with Crippen molar-refractivity contribution in [3.05, 3.63) is 45.4 Å². The molecule has 2 heterocycles. The molecule has 5 nitrogen and oxygen atoms in total. The highest BCUT2D eigenvalue weighted by atomic mass is 35.5. The molecule has 0 aliphatic rings. The second-order valence-corrected chi connectivity index (χ2v) is 6.62. The first-order valence-electron chi connectivity index (χ1n) is 6.29. The van der Waals surface area contributed by atoms with Gasteiger partial charge in [-0.05, 0) is 25.1 Å². The predicted octanol–water partition coefficient (Wildman–Crippen LogP) is 2.17. The van der Waals surface area contributed by atoms with Gasteiger partial charge < -0.3 is 10.4 Å². The summed E-state index contributed by atoms with van der Waals surface area (Å²) in [7, 11) is 1.77. The van der Waals surface area contributed by atoms with Crippen molar-refractivity contribution in [2.75, 3.05) is 6.54 Å². The summed E-state index contributed by atoms with van der Waals surface area (Å²) in [6.07, 6.45) is 6.40. The fraction of sp³-hybridized carbons (Fsp3) is 0.286. The molecule has 0 radical (unpaired) electrons. The van der Waals surface area contributed by atoms with Crippen molar-refractivity contribution >= 4 is 34.9 Å². The Morgan fingerprint density at radius 3 is 2.95 bits per heavy atom. The lowest BCUT2D eigenvalue weighted by Crippen LogP contribution is -2.37. The zero-order chi connectivity index (χ0) is 15.5. The predicted molar refractivity (Wildman–Crippen MR) is 84.2 cm³/mol. The largest absolute Gasteiger partial charge is 0.383 e. The summed E-state index contributed by atoms with van der Waals surface area (Å²) in [5, 5.41) is 17.0. The van der Waals surface area contributed by atoms with Crippen LogP contribution >= 0.6 is 22.9 Å². The van der Waals surface area contributed by atoms with Crippen molar-refractivity contribution in [2.24, 2.45) is 7.05 Å². The van der Waals surface area contributed by atoms with Crippen LogP contribution < -0.4 is 5.32 Å². The smallest absolute Gasteiger partial charge is 0.244 e. The number of amides is 1. The molecule has 0 spiro atoms. The number of carbonyl (C=O) groups excluding carboxylic acids is 1. The van der Waals surface area contributed by atoms with E-state index in [1.807, 2.05) is 6.07 Å². The molecule has 2 rings (SSSR count). The fourth-order valence-corrected chi connectivity index (χ4v) is 2.66. The SMILES string of the molecule is Cn1cc(C(C)(O)CNC(=O)/C=C/c2ccc(Cl)s2)cn1. The minimum atomic E-state index is -1.16. The van der Waals surface area contributed by atoms with E-state index < -0.39 is 5.60 Å². The number of aryl methyl sites for hydroxylation is 1. The van der Waals surface area contributed by atoms with Gasteiger partial charge in [0.05, 0.1) is 17.1 Å². The molecule has 112 valence electrons. The first-order chi connectivity index (χ1) is 9.87. The molecular formula is C14H16ClN3O2S. The zero-order valence-electron chi connectivity index (χ0n) is 11.7. The lowest BCUT2D eigenvalue weighted by atomic mass is 10.00. The summed E-state index contributed by atoms with van der Waals surface area (Å²) in [6.45, 7) is 1.74. The first kappa shape index (κ1) is 15.8. The van der Waals surface area contributed by atoms with E-state index in [1.165, 1.54) is 17.4 Å². The maximum atomic E-state index is 11.7. The van der Waals surface area contributed by atoms with Crippen LogP contribution in [0, 0.1) is 0 Å². The van der Waals surface area contributed by atoms with Crippen LogP contribution in [-0.2, 0) is 17.4 Å². The zero-order valence-corrected chi connectivity index (χ0v) is 13.3. The number of nitrogens with one attached hydrogen (secondary N) is 1. The lowest BCUT2D eigenvalue weighted by Gasteiger charge is -2.21. The number of aromatic nitrogens is 2. The number of carbonyl (C=O) groups is 1. The van der Waals surface area contributed by atoms with Crippen LogP contribution in [0.5, 0.6) is 0 Å². The molecule has 2 N–H and O–H groups in total. The van der Waals surface area contributed by atoms with Crippen LogP contribution in [0.3, 0.4) is 0 Å². The van der Waals surface area contributed by atoms with Gasteiger partial charge in [0, 0.05) is 29.8 Å². The van der Waals surface area contributed by atoms with Crippen molar-refractivity contribution in [1.82, 2.24) is 15.1 Å². The molecule has 21 heavy (non-hydrogen) atoms. The maximum absolute atomic E-state index is 11.7. The topological polar surface area (TPSA) is 67.2 Å². The molecule has 0 bridgehead atoms. The van der Waals surface area contributed by atoms with Crippen LogP contribution in [0.4, 0.5) is 0 Å². The van der Waals surface area contributed by atoms with Gasteiger partial charge >= 0.3 is 0 Å². The molecule has 2 aromatic rings. The van der Waals surface area contributed by atoms with E-state index in [2.05, 4.69) is 10.4 Å². The summed E-state index contributed by atoms with van der Waals surface area (Å²) >= 11 is 7.20. The Bertz CT molecular complexity index is 661. The number of thiophene rings is 1. The van der Waals surface area contributed by atoms with Crippen LogP contribution in [0.2, 0.25) is 4.34 Å². The van der Waals surface area contributed by atoms with Crippen LogP contribution in [-0.4, -0.2) is 27.3 Å². The Balaban J connectivity index is 1.90. The van der Waals surface area contributed by atoms with Gasteiger partial charge in [0.2, 0.25) is 5.91 Å². The molecule has 1 atom stereocenters. The normalized spacial score (nSPS) is 14.3. The number of nitrogens with zero attached hydrogens (tertiary/aromatic N) is 2. The minimum absolute atomic E-state index is 0.104. The molecule has 1 amide bonds. The third-order valence-corrected chi connectivity index (χ3v) is 4.12. The van der Waals surface area contributed by atoms with Crippen LogP contribution in [0.25, 0.3) is 6.08 Å². The minimum Gasteiger partial charge on any atom is -0.383 e. The molecule has 0 aliphatic heterocycles. The third kappa shape index (κ3) is 4.42. The van der Waals surface area contributed by atoms with Gasteiger partial charge in [0.25, 0.3) is 0 Å². The Kier molecular flexibility index (Phi) is 4.82. The Morgan fingerprint density at radius 2 is 2.38 bits per heavy atom. The highest BCUT2D eigenvalue weighted by Crippen LogP contribution is 2.22. The summed E-state index contributed by atoms with van der Waals surface area (Å²) in [5.74, 6) is -0.274. The van der Waals surface area contributed by atoms with Gasteiger partial charge in [0.15, 0.2) is 0 Å². The van der Waals surface area contributed by atoms with Crippen LogP contribution in [0.15, 0.2) is 30.6 Å². The number of hydrogen-bond donors (Lipinski definition) is 2. The van der Waals surface area contributed by atoms with Gasteiger partial charge in [0.1, 0.15) is 5.60 Å². The van der Waals surface area contributed by atoms with Crippen LogP contribution in [0.1, 0.15) is 17.4 Å². The average molecular weight is 326 g/mol. The van der Waals surface area contributed by atoms with Gasteiger partial charge in [-0.3, -0.25) is 9.48 Å². The molecule has 1 unspecified atom stereocenters. The molecule has 2 aromatic heterocycles. The Labute approximate surface area is 131 Å². The van der Waals surface area contributed by atoms with Crippen molar-refractivity contribution < 1.29 is 9.90 Å². The Morgan fingerprint density at radius 1 is 1.62 bits per heavy atom. The van der Waals surface area contributed by atoms with E-state index in [4.69, 9.17) is 11.6 Å². The number of halogens is 1. The van der Waals surface area contributed by atoms with E-state index in [9.17, 15) is 9.90 Å². The van der Waals surface area contributed by atoms with E-state index in [0.717, 1.165) is 4.88 Å². The van der Waals surface area contributed by atoms with Crippen molar-refractivity contribution in [1.29, 1.82) is 0 Å². The highest BCUT2D eigenvalue weighted by molar-refractivity contribution is 7.17. The Hall–Kier alpha value is -1.63. The molecule has 0 aromatic carbocycles. The molecule has 0 fully saturated rings. The third-order valence-electron chi connectivity index (χ3n) is 2.93. The van der Waals surface area contributed by atoms with E-state index in [0.29, 0.717) is 9.90 Å². The lowest BCUT2D eigenvalue weighted by molar-refractivity contribution is -0.117. The molecular weight excluding hydrogens is 310 g/mol. The second kappa shape index (κ2) is 6.43. The second-order valence-electron chi connectivity index (χ2n) is 4.87. The molecule has 7 heteroatoms. The van der Waals surface area contributed by atoms with E-state index in [-0.39, 0.29) is 12.5 Å². The fourth-order valence-electron chi connectivity index (χ4n) is 1.70. The number of rotatable bonds is 5. The van der Waals surface area contributed by atoms with Gasteiger partial charge in [-0.1, -0.05) is 11.6 Å². The average Bonchev–Trinajstić information content (AvgIpc) is 3.03. The maximum Gasteiger partial charge on any atom is 0.244 e. The number of aliphatic hydroxyl groups is 1. The van der Waals surface area contributed by atoms with Gasteiger partial charge in [-0.15, -0.1) is 11.3 Å². The quantitative estimate of drug-likeness (QED) is 0.828. The summed E-state index contributed by atoms with van der Waals surface area (Å²) in [4.78, 5) is 12.6. The molecule has 0 aliphatic carbocycles. The highest BCUT2D eigenvalue weighted by Gasteiger charge is 2.24. The van der Waals surface area contributed by atoms with E-state index >= 15 is 0 Å². The monoisotopic (exact) mass is 325 g/mol. The van der Waals surface area contributed by atoms with Crippen molar-refractivity contribution in [2.45, 2.75) is 12.5 Å². The standard InChI is InChI=1S/C14H16ClN3O2S/c1-14(20,10-7-17-18(2)8-10)9-16-13(19)6-4-11-3-5-12(15)21-11/h3-8,20H,9H2,1-2H3,(H,16,19)/b6-4+. The first-order valence-corrected chi connectivity index (χ1v) is 7.49. The van der Waals surface area contributed by atoms with Gasteiger partial charge in [-0.2, -0.15) is 5.10 Å². The summed E-state index contributed by atoms with van der Waals surface area (Å²) in [5.41, 5.74) is -0.511.